The fourth-order valence-corrected chi connectivity index (χ4v) is 5.90. The number of benzene rings is 2. The van der Waals surface area contributed by atoms with Crippen molar-refractivity contribution in [2.45, 2.75) is 44.0 Å². The van der Waals surface area contributed by atoms with Crippen LogP contribution in [0.5, 0.6) is 0 Å². The Morgan fingerprint density at radius 2 is 1.77 bits per heavy atom. The lowest BCUT2D eigenvalue weighted by Gasteiger charge is -2.19. The Hall–Kier alpha value is -3.37. The number of aryl methyl sites for hydroxylation is 1. The number of sulfonamides is 1. The van der Waals surface area contributed by atoms with E-state index in [-0.39, 0.29) is 11.3 Å². The number of carbonyl (C=O) groups is 1. The number of aromatic nitrogens is 2. The zero-order chi connectivity index (χ0) is 25.2. The van der Waals surface area contributed by atoms with Gasteiger partial charge in [-0.2, -0.15) is 9.40 Å². The first-order chi connectivity index (χ1) is 16.7. The van der Waals surface area contributed by atoms with E-state index in [2.05, 4.69) is 10.4 Å². The summed E-state index contributed by atoms with van der Waals surface area (Å²) in [4.78, 5) is 25.8. The van der Waals surface area contributed by atoms with E-state index in [0.29, 0.717) is 35.6 Å². The van der Waals surface area contributed by atoms with Crippen molar-refractivity contribution >= 4 is 21.6 Å². The van der Waals surface area contributed by atoms with Crippen molar-refractivity contribution < 1.29 is 17.6 Å². The van der Waals surface area contributed by atoms with Crippen molar-refractivity contribution in [3.05, 3.63) is 76.3 Å². The molecule has 4 rings (SSSR count). The maximum atomic E-state index is 13.2. The molecule has 0 aliphatic carbocycles. The van der Waals surface area contributed by atoms with E-state index in [1.165, 1.54) is 40.7 Å². The molecule has 1 fully saturated rings. The smallest absolute Gasteiger partial charge is 0.267 e. The molecule has 10 heteroatoms. The van der Waals surface area contributed by atoms with Crippen LogP contribution in [0, 0.1) is 12.7 Å². The number of amides is 1. The van der Waals surface area contributed by atoms with Crippen molar-refractivity contribution in [1.29, 1.82) is 0 Å². The van der Waals surface area contributed by atoms with Gasteiger partial charge in [0.15, 0.2) is 0 Å². The van der Waals surface area contributed by atoms with E-state index in [1.807, 2.05) is 0 Å². The van der Waals surface area contributed by atoms with Crippen molar-refractivity contribution in [2.24, 2.45) is 0 Å². The molecule has 0 spiro atoms. The van der Waals surface area contributed by atoms with Gasteiger partial charge < -0.3 is 5.32 Å². The molecule has 1 N–H and O–H groups in total. The average Bonchev–Trinajstić information content (AvgIpc) is 3.39. The molecule has 2 heterocycles. The molecule has 0 radical (unpaired) electrons. The summed E-state index contributed by atoms with van der Waals surface area (Å²) >= 11 is 0. The highest BCUT2D eigenvalue weighted by Crippen LogP contribution is 2.28. The molecule has 1 aromatic heterocycles. The molecule has 0 bridgehead atoms. The normalized spacial score (nSPS) is 15.2. The summed E-state index contributed by atoms with van der Waals surface area (Å²) in [5.41, 5.74) is 1.45. The number of anilines is 1. The van der Waals surface area contributed by atoms with Crippen LogP contribution in [0.3, 0.4) is 0 Å². The van der Waals surface area contributed by atoms with Gasteiger partial charge in [-0.05, 0) is 68.1 Å². The highest BCUT2D eigenvalue weighted by Gasteiger charge is 2.29. The van der Waals surface area contributed by atoms with Crippen molar-refractivity contribution in [3.8, 4) is 11.3 Å². The molecule has 1 atom stereocenters. The largest absolute Gasteiger partial charge is 0.324 e. The lowest BCUT2D eigenvalue weighted by Crippen LogP contribution is -2.34. The molecule has 3 aromatic rings. The van der Waals surface area contributed by atoms with Crippen LogP contribution in [0.4, 0.5) is 10.1 Å². The number of rotatable bonds is 7. The van der Waals surface area contributed by atoms with Gasteiger partial charge in [-0.25, -0.2) is 17.5 Å². The predicted molar refractivity (Wildman–Crippen MR) is 131 cm³/mol. The summed E-state index contributed by atoms with van der Waals surface area (Å²) in [5, 5.41) is 7.10. The van der Waals surface area contributed by atoms with Crippen LogP contribution < -0.4 is 10.9 Å². The van der Waals surface area contributed by atoms with Crippen molar-refractivity contribution in [1.82, 2.24) is 14.1 Å². The standard InChI is InChI=1S/C25H27FN4O4S/c1-3-22(25(32)27-20-10-8-19(26)9-11-20)30-24(31)13-12-21(28-30)18-7-6-17(2)23(16-18)35(33,34)29-14-4-5-15-29/h6-13,16,22H,3-5,14-15H2,1-2H3,(H,27,32)/t22-/m1/s1. The Bertz CT molecular complexity index is 1400. The highest BCUT2D eigenvalue weighted by molar-refractivity contribution is 7.89. The van der Waals surface area contributed by atoms with Crippen LogP contribution in [-0.4, -0.2) is 41.5 Å². The monoisotopic (exact) mass is 498 g/mol. The van der Waals surface area contributed by atoms with Crippen LogP contribution in [0.1, 0.15) is 37.8 Å². The summed E-state index contributed by atoms with van der Waals surface area (Å²) in [5.74, 6) is -0.892. The number of halogens is 1. The van der Waals surface area contributed by atoms with Gasteiger partial charge in [0.1, 0.15) is 11.9 Å². The summed E-state index contributed by atoms with van der Waals surface area (Å²) in [7, 11) is -3.64. The van der Waals surface area contributed by atoms with Crippen molar-refractivity contribution in [3.63, 3.8) is 0 Å². The minimum atomic E-state index is -3.64. The number of nitrogens with zero attached hydrogens (tertiary/aromatic N) is 3. The Morgan fingerprint density at radius 1 is 1.09 bits per heavy atom. The molecule has 2 aromatic carbocycles. The zero-order valence-electron chi connectivity index (χ0n) is 19.6. The van der Waals surface area contributed by atoms with Crippen molar-refractivity contribution in [2.75, 3.05) is 18.4 Å². The molecule has 0 unspecified atom stereocenters. The Balaban J connectivity index is 1.68. The third kappa shape index (κ3) is 5.18. The maximum Gasteiger partial charge on any atom is 0.267 e. The van der Waals surface area contributed by atoms with E-state index >= 15 is 0 Å². The van der Waals surface area contributed by atoms with Gasteiger partial charge in [0.25, 0.3) is 5.56 Å². The van der Waals surface area contributed by atoms with Crippen LogP contribution in [0.2, 0.25) is 0 Å². The fraction of sp³-hybridized carbons (Fsp3) is 0.320. The second-order valence-corrected chi connectivity index (χ2v) is 10.4. The summed E-state index contributed by atoms with van der Waals surface area (Å²) < 4.78 is 42.1. The van der Waals surface area contributed by atoms with Gasteiger partial charge in [-0.1, -0.05) is 19.1 Å². The molecular formula is C25H27FN4O4S. The van der Waals surface area contributed by atoms with E-state index in [1.54, 1.807) is 32.0 Å². The summed E-state index contributed by atoms with van der Waals surface area (Å²) in [6.07, 6.45) is 1.96. The highest BCUT2D eigenvalue weighted by atomic mass is 32.2. The second-order valence-electron chi connectivity index (χ2n) is 8.51. The Morgan fingerprint density at radius 3 is 2.43 bits per heavy atom. The minimum absolute atomic E-state index is 0.206. The summed E-state index contributed by atoms with van der Waals surface area (Å²) in [6.45, 7) is 4.49. The van der Waals surface area contributed by atoms with Gasteiger partial charge >= 0.3 is 0 Å². The van der Waals surface area contributed by atoms with Crippen LogP contribution in [0.25, 0.3) is 11.3 Å². The van der Waals surface area contributed by atoms with E-state index in [9.17, 15) is 22.4 Å². The molecule has 0 saturated carbocycles. The van der Waals surface area contributed by atoms with E-state index < -0.39 is 33.3 Å². The molecule has 1 saturated heterocycles. The summed E-state index contributed by atoms with van der Waals surface area (Å²) in [6, 6.07) is 12.3. The van der Waals surface area contributed by atoms with Gasteiger partial charge in [-0.3, -0.25) is 9.59 Å². The number of hydrogen-bond donors (Lipinski definition) is 1. The second kappa shape index (κ2) is 10.1. The van der Waals surface area contributed by atoms with Gasteiger partial charge in [0.2, 0.25) is 15.9 Å². The first-order valence-electron chi connectivity index (χ1n) is 11.5. The van der Waals surface area contributed by atoms with Crippen LogP contribution >= 0.6 is 0 Å². The Kier molecular flexibility index (Phi) is 7.13. The van der Waals surface area contributed by atoms with Crippen LogP contribution in [0.15, 0.2) is 64.3 Å². The average molecular weight is 499 g/mol. The SMILES string of the molecule is CC[C@H](C(=O)Nc1ccc(F)cc1)n1nc(-c2ccc(C)c(S(=O)(=O)N3CCCC3)c2)ccc1=O. The van der Waals surface area contributed by atoms with E-state index in [0.717, 1.165) is 17.5 Å². The molecule has 184 valence electrons. The van der Waals surface area contributed by atoms with Gasteiger partial charge in [-0.15, -0.1) is 0 Å². The topological polar surface area (TPSA) is 101 Å². The van der Waals surface area contributed by atoms with Gasteiger partial charge in [0, 0.05) is 30.4 Å². The fourth-order valence-electron chi connectivity index (χ4n) is 4.14. The third-order valence-corrected chi connectivity index (χ3v) is 8.13. The molecule has 8 nitrogen and oxygen atoms in total. The Labute approximate surface area is 203 Å². The third-order valence-electron chi connectivity index (χ3n) is 6.09. The molecule has 1 amide bonds. The number of nitrogens with one attached hydrogen (secondary N) is 1. The quantitative estimate of drug-likeness (QED) is 0.535. The zero-order valence-corrected chi connectivity index (χ0v) is 20.4. The molecule has 1 aliphatic rings. The molecule has 35 heavy (non-hydrogen) atoms. The first kappa shape index (κ1) is 24.7. The number of hydrogen-bond acceptors (Lipinski definition) is 5. The molecular weight excluding hydrogens is 471 g/mol. The molecule has 1 aliphatic heterocycles. The predicted octanol–water partition coefficient (Wildman–Crippen LogP) is 3.73. The number of carbonyl (C=O) groups excluding carboxylic acids is 1. The lowest BCUT2D eigenvalue weighted by atomic mass is 10.1. The van der Waals surface area contributed by atoms with E-state index in [4.69, 9.17) is 0 Å². The van der Waals surface area contributed by atoms with Gasteiger partial charge in [0.05, 0.1) is 10.6 Å². The first-order valence-corrected chi connectivity index (χ1v) is 12.9. The minimum Gasteiger partial charge on any atom is -0.324 e. The maximum absolute atomic E-state index is 13.2. The lowest BCUT2D eigenvalue weighted by molar-refractivity contribution is -0.119. The van der Waals surface area contributed by atoms with Crippen LogP contribution in [-0.2, 0) is 14.8 Å².